The van der Waals surface area contributed by atoms with Crippen LogP contribution in [0.3, 0.4) is 0 Å². The molecule has 5 nitrogen and oxygen atoms in total. The van der Waals surface area contributed by atoms with Crippen LogP contribution in [0, 0.1) is 13.8 Å². The van der Waals surface area contributed by atoms with Crippen molar-refractivity contribution in [3.63, 3.8) is 0 Å². The molecular weight excluding hydrogens is 218 g/mol. The molecule has 0 radical (unpaired) electrons. The zero-order valence-electron chi connectivity index (χ0n) is 11.2. The first-order valence-electron chi connectivity index (χ1n) is 5.90. The molecule has 1 N–H and O–H groups in total. The van der Waals surface area contributed by atoms with E-state index in [2.05, 4.69) is 4.98 Å². The van der Waals surface area contributed by atoms with E-state index in [0.29, 0.717) is 13.1 Å². The highest BCUT2D eigenvalue weighted by atomic mass is 16.4. The van der Waals surface area contributed by atoms with E-state index in [4.69, 9.17) is 0 Å². The van der Waals surface area contributed by atoms with Crippen LogP contribution in [0.2, 0.25) is 0 Å². The summed E-state index contributed by atoms with van der Waals surface area (Å²) in [5, 5.41) is 9.43. The number of hydrogen-bond donors (Lipinski definition) is 1. The molecule has 0 spiro atoms. The summed E-state index contributed by atoms with van der Waals surface area (Å²) in [5.74, 6) is 0.0238. The number of rotatable bonds is 5. The number of nitrogens with zero attached hydrogens (tertiary/aromatic N) is 3. The Morgan fingerprint density at radius 1 is 1.41 bits per heavy atom. The average Bonchev–Trinajstić information content (AvgIpc) is 2.50. The van der Waals surface area contributed by atoms with Crippen LogP contribution in [0.25, 0.3) is 0 Å². The molecular formula is C12H21N3O2. The number of aryl methyl sites for hydroxylation is 2. The Morgan fingerprint density at radius 2 is 1.94 bits per heavy atom. The Hall–Kier alpha value is -1.36. The molecule has 0 saturated heterocycles. The predicted molar refractivity (Wildman–Crippen MR) is 66.0 cm³/mol. The van der Waals surface area contributed by atoms with Crippen molar-refractivity contribution in [2.45, 2.75) is 33.7 Å². The molecule has 0 aromatic carbocycles. The fourth-order valence-corrected chi connectivity index (χ4v) is 2.21. The van der Waals surface area contributed by atoms with Gasteiger partial charge in [0.1, 0.15) is 5.82 Å². The highest BCUT2D eigenvalue weighted by molar-refractivity contribution is 5.75. The van der Waals surface area contributed by atoms with Crippen LogP contribution >= 0.6 is 0 Å². The summed E-state index contributed by atoms with van der Waals surface area (Å²) in [5.41, 5.74) is 1.57. The molecule has 0 fully saturated rings. The maximum atomic E-state index is 11.5. The van der Waals surface area contributed by atoms with Gasteiger partial charge in [0.2, 0.25) is 0 Å². The number of imidazole rings is 1. The minimum absolute atomic E-state index is 0.615. The van der Waals surface area contributed by atoms with E-state index >= 15 is 0 Å². The van der Waals surface area contributed by atoms with Crippen molar-refractivity contribution in [3.05, 3.63) is 17.2 Å². The van der Waals surface area contributed by atoms with Crippen LogP contribution in [0.5, 0.6) is 0 Å². The van der Waals surface area contributed by atoms with Crippen LogP contribution in [0.1, 0.15) is 37.1 Å². The van der Waals surface area contributed by atoms with Crippen molar-refractivity contribution in [3.8, 4) is 0 Å². The summed E-state index contributed by atoms with van der Waals surface area (Å²) in [6.45, 7) is 9.10. The smallest absolute Gasteiger partial charge is 0.327 e. The fraction of sp³-hybridized carbons (Fsp3) is 0.667. The molecule has 1 heterocycles. The minimum atomic E-state index is -0.820. The standard InChI is InChI=1S/C12H21N3O2/c1-6-15(7-2)11(12(16)17)10-8(3)13-9(4)14(10)5/h11H,6-7H2,1-5H3,(H,16,17). The van der Waals surface area contributed by atoms with Crippen molar-refractivity contribution < 1.29 is 9.90 Å². The van der Waals surface area contributed by atoms with Gasteiger partial charge in [-0.2, -0.15) is 0 Å². The van der Waals surface area contributed by atoms with E-state index in [9.17, 15) is 9.90 Å². The number of aliphatic carboxylic acids is 1. The van der Waals surface area contributed by atoms with Gasteiger partial charge < -0.3 is 9.67 Å². The van der Waals surface area contributed by atoms with Gasteiger partial charge in [0, 0.05) is 7.05 Å². The van der Waals surface area contributed by atoms with Crippen molar-refractivity contribution >= 4 is 5.97 Å². The molecule has 1 rings (SSSR count). The second-order valence-electron chi connectivity index (χ2n) is 4.15. The Balaban J connectivity index is 3.27. The summed E-state index contributed by atoms with van der Waals surface area (Å²) >= 11 is 0. The lowest BCUT2D eigenvalue weighted by molar-refractivity contribution is -0.143. The van der Waals surface area contributed by atoms with Gasteiger partial charge in [-0.1, -0.05) is 13.8 Å². The molecule has 0 bridgehead atoms. The average molecular weight is 239 g/mol. The quantitative estimate of drug-likeness (QED) is 0.846. The zero-order chi connectivity index (χ0) is 13.2. The summed E-state index contributed by atoms with van der Waals surface area (Å²) in [6, 6.07) is -0.615. The van der Waals surface area contributed by atoms with E-state index in [-0.39, 0.29) is 0 Å². The van der Waals surface area contributed by atoms with Crippen molar-refractivity contribution in [2.75, 3.05) is 13.1 Å². The van der Waals surface area contributed by atoms with Crippen LogP contribution in [0.4, 0.5) is 0 Å². The molecule has 1 atom stereocenters. The summed E-state index contributed by atoms with van der Waals surface area (Å²) in [6.07, 6.45) is 0. The molecule has 0 aliphatic carbocycles. The van der Waals surface area contributed by atoms with E-state index in [1.807, 2.05) is 44.2 Å². The first-order valence-corrected chi connectivity index (χ1v) is 5.90. The van der Waals surface area contributed by atoms with Gasteiger partial charge in [0.25, 0.3) is 0 Å². The lowest BCUT2D eigenvalue weighted by Gasteiger charge is -2.27. The predicted octanol–water partition coefficient (Wildman–Crippen LogP) is 1.50. The number of carboxylic acid groups (broad SMARTS) is 1. The number of carbonyl (C=O) groups is 1. The monoisotopic (exact) mass is 239 g/mol. The van der Waals surface area contributed by atoms with Crippen molar-refractivity contribution in [1.29, 1.82) is 0 Å². The normalized spacial score (nSPS) is 13.1. The molecule has 0 aliphatic heterocycles. The third kappa shape index (κ3) is 2.49. The second-order valence-corrected chi connectivity index (χ2v) is 4.15. The molecule has 1 aromatic heterocycles. The molecule has 17 heavy (non-hydrogen) atoms. The molecule has 1 unspecified atom stereocenters. The SMILES string of the molecule is CCN(CC)C(C(=O)O)c1c(C)nc(C)n1C. The maximum Gasteiger partial charge on any atom is 0.327 e. The van der Waals surface area contributed by atoms with Crippen LogP contribution in [-0.4, -0.2) is 38.6 Å². The van der Waals surface area contributed by atoms with Gasteiger partial charge in [-0.05, 0) is 26.9 Å². The molecule has 0 aliphatic rings. The van der Waals surface area contributed by atoms with Gasteiger partial charge in [0.15, 0.2) is 6.04 Å². The summed E-state index contributed by atoms with van der Waals surface area (Å²) in [7, 11) is 1.87. The number of likely N-dealkylation sites (N-methyl/N-ethyl adjacent to an activating group) is 1. The Kier molecular flexibility index (Phi) is 4.28. The van der Waals surface area contributed by atoms with Gasteiger partial charge in [0.05, 0.1) is 11.4 Å². The first-order chi connectivity index (χ1) is 7.93. The summed E-state index contributed by atoms with van der Waals surface area (Å²) in [4.78, 5) is 17.8. The molecule has 96 valence electrons. The van der Waals surface area contributed by atoms with Gasteiger partial charge in [-0.15, -0.1) is 0 Å². The maximum absolute atomic E-state index is 11.5. The van der Waals surface area contributed by atoms with Crippen LogP contribution < -0.4 is 0 Å². The highest BCUT2D eigenvalue weighted by Crippen LogP contribution is 2.24. The van der Waals surface area contributed by atoms with Gasteiger partial charge in [-0.3, -0.25) is 9.69 Å². The minimum Gasteiger partial charge on any atom is -0.480 e. The largest absolute Gasteiger partial charge is 0.480 e. The first kappa shape index (κ1) is 13.7. The van der Waals surface area contributed by atoms with E-state index in [1.54, 1.807) is 0 Å². The Labute approximate surface area is 102 Å². The fourth-order valence-electron chi connectivity index (χ4n) is 2.21. The zero-order valence-corrected chi connectivity index (χ0v) is 11.2. The summed E-state index contributed by atoms with van der Waals surface area (Å²) < 4.78 is 1.87. The Bertz CT molecular complexity index is 408. The van der Waals surface area contributed by atoms with Crippen LogP contribution in [-0.2, 0) is 11.8 Å². The lowest BCUT2D eigenvalue weighted by atomic mass is 10.1. The molecule has 5 heteroatoms. The van der Waals surface area contributed by atoms with E-state index in [0.717, 1.165) is 17.2 Å². The Morgan fingerprint density at radius 3 is 2.24 bits per heavy atom. The number of aromatic nitrogens is 2. The van der Waals surface area contributed by atoms with Crippen LogP contribution in [0.15, 0.2) is 0 Å². The van der Waals surface area contributed by atoms with Gasteiger partial charge >= 0.3 is 5.97 Å². The molecule has 0 saturated carbocycles. The second kappa shape index (κ2) is 5.31. The lowest BCUT2D eigenvalue weighted by Crippen LogP contribution is -2.35. The number of carboxylic acids is 1. The van der Waals surface area contributed by atoms with E-state index < -0.39 is 12.0 Å². The van der Waals surface area contributed by atoms with Gasteiger partial charge in [-0.25, -0.2) is 4.98 Å². The highest BCUT2D eigenvalue weighted by Gasteiger charge is 2.30. The van der Waals surface area contributed by atoms with Crippen molar-refractivity contribution in [1.82, 2.24) is 14.5 Å². The molecule has 1 aromatic rings. The van der Waals surface area contributed by atoms with Crippen molar-refractivity contribution in [2.24, 2.45) is 7.05 Å². The third-order valence-corrected chi connectivity index (χ3v) is 3.22. The molecule has 0 amide bonds. The third-order valence-electron chi connectivity index (χ3n) is 3.22. The topological polar surface area (TPSA) is 58.4 Å². The van der Waals surface area contributed by atoms with E-state index in [1.165, 1.54) is 0 Å². The number of hydrogen-bond acceptors (Lipinski definition) is 3.